The highest BCUT2D eigenvalue weighted by atomic mass is 16.6. The molecule has 3 fully saturated rings. The molecule has 2 aliphatic heterocycles. The third kappa shape index (κ3) is 3.80. The van der Waals surface area contributed by atoms with Gasteiger partial charge in [-0.1, -0.05) is 26.7 Å². The molecule has 21 heavy (non-hydrogen) atoms. The molecule has 1 N–H and O–H groups in total. The average molecular weight is 295 g/mol. The van der Waals surface area contributed by atoms with E-state index in [0.717, 1.165) is 38.6 Å². The Balaban J connectivity index is 1.53. The molecule has 3 aliphatic rings. The van der Waals surface area contributed by atoms with Crippen LogP contribution in [0.5, 0.6) is 0 Å². The van der Waals surface area contributed by atoms with Crippen molar-refractivity contribution < 1.29 is 9.47 Å². The van der Waals surface area contributed by atoms with Gasteiger partial charge in [0.2, 0.25) is 0 Å². The van der Waals surface area contributed by atoms with Gasteiger partial charge < -0.3 is 14.8 Å². The zero-order valence-electron chi connectivity index (χ0n) is 14.0. The third-order valence-corrected chi connectivity index (χ3v) is 5.83. The first kappa shape index (κ1) is 15.8. The van der Waals surface area contributed by atoms with Crippen LogP contribution in [-0.4, -0.2) is 38.0 Å². The summed E-state index contributed by atoms with van der Waals surface area (Å²) in [6.45, 7) is 8.55. The van der Waals surface area contributed by atoms with Crippen molar-refractivity contribution in [2.24, 2.45) is 11.3 Å². The van der Waals surface area contributed by atoms with Crippen molar-refractivity contribution in [1.82, 2.24) is 5.32 Å². The fourth-order valence-corrected chi connectivity index (χ4v) is 4.87. The Morgan fingerprint density at radius 2 is 1.95 bits per heavy atom. The number of rotatable bonds is 5. The molecule has 0 amide bonds. The molecular weight excluding hydrogens is 262 g/mol. The lowest BCUT2D eigenvalue weighted by molar-refractivity contribution is -0.0902. The fraction of sp³-hybridized carbons (Fsp3) is 1.00. The van der Waals surface area contributed by atoms with Gasteiger partial charge >= 0.3 is 0 Å². The van der Waals surface area contributed by atoms with Crippen molar-refractivity contribution >= 4 is 0 Å². The molecule has 2 saturated heterocycles. The maximum Gasteiger partial charge on any atom is 0.0951 e. The zero-order chi connectivity index (χ0) is 14.8. The summed E-state index contributed by atoms with van der Waals surface area (Å²) in [6.07, 6.45) is 10.5. The van der Waals surface area contributed by atoms with Crippen LogP contribution in [0.3, 0.4) is 0 Å². The Kier molecular flexibility index (Phi) is 4.92. The highest BCUT2D eigenvalue weighted by molar-refractivity contribution is 4.95. The van der Waals surface area contributed by atoms with E-state index in [4.69, 9.17) is 9.47 Å². The highest BCUT2D eigenvalue weighted by Gasteiger charge is 2.42. The number of ether oxygens (including phenoxy) is 2. The van der Waals surface area contributed by atoms with E-state index in [9.17, 15) is 0 Å². The molecule has 0 aromatic heterocycles. The summed E-state index contributed by atoms with van der Waals surface area (Å²) in [5.74, 6) is 0.814. The number of nitrogens with one attached hydrogen (secondary N) is 1. The fourth-order valence-electron chi connectivity index (χ4n) is 4.87. The van der Waals surface area contributed by atoms with E-state index < -0.39 is 0 Å². The largest absolute Gasteiger partial charge is 0.378 e. The summed E-state index contributed by atoms with van der Waals surface area (Å²) in [6, 6.07) is 0.630. The third-order valence-electron chi connectivity index (χ3n) is 5.83. The van der Waals surface area contributed by atoms with Gasteiger partial charge in [-0.3, -0.25) is 0 Å². The number of hydrogen-bond acceptors (Lipinski definition) is 3. The Hall–Kier alpha value is -0.120. The minimum Gasteiger partial charge on any atom is -0.378 e. The van der Waals surface area contributed by atoms with Crippen LogP contribution in [0.1, 0.15) is 65.2 Å². The molecule has 0 bridgehead atoms. The quantitative estimate of drug-likeness (QED) is 0.842. The predicted molar refractivity (Wildman–Crippen MR) is 85.5 cm³/mol. The van der Waals surface area contributed by atoms with Crippen molar-refractivity contribution in [3.05, 3.63) is 0 Å². The first-order valence-corrected chi connectivity index (χ1v) is 9.07. The molecule has 0 aromatic carbocycles. The van der Waals surface area contributed by atoms with Crippen molar-refractivity contribution in [2.75, 3.05) is 26.4 Å². The van der Waals surface area contributed by atoms with Crippen LogP contribution in [0.25, 0.3) is 0 Å². The van der Waals surface area contributed by atoms with Gasteiger partial charge in [0.05, 0.1) is 12.2 Å². The van der Waals surface area contributed by atoms with Crippen LogP contribution in [0.2, 0.25) is 0 Å². The summed E-state index contributed by atoms with van der Waals surface area (Å²) in [5.41, 5.74) is 0.614. The van der Waals surface area contributed by atoms with Gasteiger partial charge in [0, 0.05) is 32.2 Å². The van der Waals surface area contributed by atoms with Gasteiger partial charge in [0.25, 0.3) is 0 Å². The summed E-state index contributed by atoms with van der Waals surface area (Å²) in [5, 5.41) is 3.93. The highest BCUT2D eigenvalue weighted by Crippen LogP contribution is 2.43. The molecule has 3 heteroatoms. The number of hydrogen-bond donors (Lipinski definition) is 1. The molecule has 1 spiro atoms. The lowest BCUT2D eigenvalue weighted by Gasteiger charge is -2.40. The van der Waals surface area contributed by atoms with Crippen LogP contribution in [0.15, 0.2) is 0 Å². The maximum atomic E-state index is 6.05. The Labute approximate surface area is 130 Å². The second-order valence-corrected chi connectivity index (χ2v) is 8.21. The molecule has 2 unspecified atom stereocenters. The topological polar surface area (TPSA) is 30.5 Å². The molecule has 3 rings (SSSR count). The van der Waals surface area contributed by atoms with E-state index in [0.29, 0.717) is 11.5 Å². The second-order valence-electron chi connectivity index (χ2n) is 8.21. The Morgan fingerprint density at radius 3 is 2.62 bits per heavy atom. The molecule has 122 valence electrons. The standard InChI is InChI=1S/C18H33NO2/c1-15(2)11-17(6-3-4-7-17)13-19-16-5-9-21-18(12-16)8-10-20-14-18/h15-16,19H,3-14H2,1-2H3. The van der Waals surface area contributed by atoms with Gasteiger partial charge in [-0.25, -0.2) is 0 Å². The van der Waals surface area contributed by atoms with Crippen LogP contribution in [0.4, 0.5) is 0 Å². The lowest BCUT2D eigenvalue weighted by Crippen LogP contribution is -2.49. The molecule has 2 atom stereocenters. The van der Waals surface area contributed by atoms with Crippen molar-refractivity contribution in [3.8, 4) is 0 Å². The van der Waals surface area contributed by atoms with E-state index in [-0.39, 0.29) is 5.60 Å². The SMILES string of the molecule is CC(C)CC1(CNC2CCOC3(CCOC3)C2)CCCC1. The van der Waals surface area contributed by atoms with Gasteiger partial charge in [0.1, 0.15) is 0 Å². The van der Waals surface area contributed by atoms with Crippen molar-refractivity contribution in [1.29, 1.82) is 0 Å². The first-order chi connectivity index (χ1) is 10.1. The van der Waals surface area contributed by atoms with Crippen LogP contribution >= 0.6 is 0 Å². The van der Waals surface area contributed by atoms with Crippen LogP contribution in [0, 0.1) is 11.3 Å². The molecule has 3 nitrogen and oxygen atoms in total. The monoisotopic (exact) mass is 295 g/mol. The predicted octanol–water partition coefficient (Wildman–Crippen LogP) is 3.52. The van der Waals surface area contributed by atoms with Crippen molar-refractivity contribution in [2.45, 2.75) is 76.9 Å². The molecule has 0 radical (unpaired) electrons. The maximum absolute atomic E-state index is 6.05. The molecule has 0 aromatic rings. The lowest BCUT2D eigenvalue weighted by atomic mass is 9.78. The summed E-state index contributed by atoms with van der Waals surface area (Å²) in [7, 11) is 0. The first-order valence-electron chi connectivity index (χ1n) is 9.07. The summed E-state index contributed by atoms with van der Waals surface area (Å²) >= 11 is 0. The van der Waals surface area contributed by atoms with Gasteiger partial charge in [-0.05, 0) is 43.4 Å². The van der Waals surface area contributed by atoms with E-state index in [1.54, 1.807) is 0 Å². The van der Waals surface area contributed by atoms with E-state index in [1.165, 1.54) is 45.1 Å². The van der Waals surface area contributed by atoms with Crippen LogP contribution in [-0.2, 0) is 9.47 Å². The van der Waals surface area contributed by atoms with E-state index >= 15 is 0 Å². The average Bonchev–Trinajstić information content (AvgIpc) is 3.07. The van der Waals surface area contributed by atoms with Gasteiger partial charge in [-0.15, -0.1) is 0 Å². The molecule has 1 aliphatic carbocycles. The minimum atomic E-state index is 0.0385. The molecule has 2 heterocycles. The smallest absolute Gasteiger partial charge is 0.0951 e. The minimum absolute atomic E-state index is 0.0385. The van der Waals surface area contributed by atoms with Gasteiger partial charge in [0.15, 0.2) is 0 Å². The zero-order valence-corrected chi connectivity index (χ0v) is 14.0. The van der Waals surface area contributed by atoms with Gasteiger partial charge in [-0.2, -0.15) is 0 Å². The van der Waals surface area contributed by atoms with Crippen molar-refractivity contribution in [3.63, 3.8) is 0 Å². The Morgan fingerprint density at radius 1 is 1.14 bits per heavy atom. The normalized spacial score (nSPS) is 35.9. The van der Waals surface area contributed by atoms with Crippen LogP contribution < -0.4 is 5.32 Å². The summed E-state index contributed by atoms with van der Waals surface area (Å²) < 4.78 is 11.6. The second kappa shape index (κ2) is 6.55. The van der Waals surface area contributed by atoms with E-state index in [1.807, 2.05) is 0 Å². The van der Waals surface area contributed by atoms with E-state index in [2.05, 4.69) is 19.2 Å². The molecule has 1 saturated carbocycles. The molecular formula is C18H33NO2. The summed E-state index contributed by atoms with van der Waals surface area (Å²) in [4.78, 5) is 0. The Bertz CT molecular complexity index is 330.